The van der Waals surface area contributed by atoms with Crippen molar-refractivity contribution in [2.45, 2.75) is 6.92 Å². The molecule has 0 aliphatic rings. The first-order valence-electron chi connectivity index (χ1n) is 4.37. The van der Waals surface area contributed by atoms with Gasteiger partial charge in [0.25, 0.3) is 0 Å². The topological polar surface area (TPSA) is 32.7 Å². The van der Waals surface area contributed by atoms with Gasteiger partial charge in [-0.15, -0.1) is 0 Å². The molecule has 0 saturated heterocycles. The molecule has 0 aromatic heterocycles. The maximum atomic E-state index is 8.68. The van der Waals surface area contributed by atoms with Crippen molar-refractivity contribution >= 4 is 12.6 Å². The molecule has 4 heteroatoms. The Hall–Kier alpha value is 0.230. The van der Waals surface area contributed by atoms with Gasteiger partial charge in [0.1, 0.15) is 0 Å². The number of hydrogen-bond donors (Lipinski definition) is 2. The predicted molar refractivity (Wildman–Crippen MR) is 53.9 cm³/mol. The zero-order valence-corrected chi connectivity index (χ0v) is 8.59. The Kier molecular flexibility index (Phi) is 9.50. The number of nitrogens with zero attached hydrogens (tertiary/aromatic N) is 1. The van der Waals surface area contributed by atoms with Crippen LogP contribution in [0.4, 0.5) is 0 Å². The molecule has 0 aliphatic heterocycles. The van der Waals surface area contributed by atoms with Crippen molar-refractivity contribution in [3.8, 4) is 0 Å². The normalized spacial score (nSPS) is 11.0. The lowest BCUT2D eigenvalue weighted by atomic mass is 10.5. The first kappa shape index (κ1) is 12.2. The van der Waals surface area contributed by atoms with Crippen molar-refractivity contribution in [3.05, 3.63) is 0 Å². The fourth-order valence-corrected chi connectivity index (χ4v) is 1.06. The molecule has 3 nitrogen and oxygen atoms in total. The quantitative estimate of drug-likeness (QED) is 0.428. The first-order valence-corrected chi connectivity index (χ1v) is 5.00. The largest absolute Gasteiger partial charge is 0.395 e. The van der Waals surface area contributed by atoms with E-state index in [4.69, 9.17) is 9.84 Å². The Morgan fingerprint density at radius 3 is 2.58 bits per heavy atom. The smallest absolute Gasteiger partial charge is 0.0593 e. The van der Waals surface area contributed by atoms with Gasteiger partial charge in [0.05, 0.1) is 19.8 Å². The zero-order valence-electron chi connectivity index (χ0n) is 7.70. The Balaban J connectivity index is 3.19. The van der Waals surface area contributed by atoms with Crippen molar-refractivity contribution in [1.29, 1.82) is 0 Å². The van der Waals surface area contributed by atoms with Gasteiger partial charge < -0.3 is 9.84 Å². The highest BCUT2D eigenvalue weighted by molar-refractivity contribution is 7.80. The number of rotatable bonds is 8. The molecular formula is C8H19NO2S. The second-order valence-corrected chi connectivity index (χ2v) is 2.94. The van der Waals surface area contributed by atoms with E-state index in [0.29, 0.717) is 6.61 Å². The molecule has 0 heterocycles. The van der Waals surface area contributed by atoms with Gasteiger partial charge in [0, 0.05) is 18.8 Å². The van der Waals surface area contributed by atoms with Gasteiger partial charge in [0.2, 0.25) is 0 Å². The lowest BCUT2D eigenvalue weighted by Gasteiger charge is -2.18. The van der Waals surface area contributed by atoms with E-state index >= 15 is 0 Å². The second-order valence-electron chi connectivity index (χ2n) is 2.49. The Morgan fingerprint density at radius 2 is 2.08 bits per heavy atom. The highest BCUT2D eigenvalue weighted by Gasteiger charge is 1.99. The molecule has 0 aromatic carbocycles. The fourth-order valence-electron chi connectivity index (χ4n) is 0.930. The minimum absolute atomic E-state index is 0.223. The van der Waals surface area contributed by atoms with Gasteiger partial charge in [-0.1, -0.05) is 6.92 Å². The molecule has 0 unspecified atom stereocenters. The molecular weight excluding hydrogens is 174 g/mol. The summed E-state index contributed by atoms with van der Waals surface area (Å²) in [5.74, 6) is 0.770. The summed E-state index contributed by atoms with van der Waals surface area (Å²) in [5.41, 5.74) is 0. The number of ether oxygens (including phenoxy) is 1. The first-order chi connectivity index (χ1) is 5.85. The van der Waals surface area contributed by atoms with Crippen molar-refractivity contribution < 1.29 is 9.84 Å². The van der Waals surface area contributed by atoms with Crippen LogP contribution in [-0.4, -0.2) is 55.2 Å². The molecule has 1 N–H and O–H groups in total. The van der Waals surface area contributed by atoms with E-state index in [2.05, 4.69) is 24.5 Å². The zero-order chi connectivity index (χ0) is 9.23. The van der Waals surface area contributed by atoms with Crippen LogP contribution in [0.15, 0.2) is 0 Å². The molecule has 0 rings (SSSR count). The SMILES string of the molecule is CCN(CCO)CCOCCS. The van der Waals surface area contributed by atoms with Crippen LogP contribution in [0.2, 0.25) is 0 Å². The Bertz CT molecular complexity index is 93.1. The van der Waals surface area contributed by atoms with Crippen molar-refractivity contribution in [3.63, 3.8) is 0 Å². The molecule has 12 heavy (non-hydrogen) atoms. The number of likely N-dealkylation sites (N-methyl/N-ethyl adjacent to an activating group) is 1. The van der Waals surface area contributed by atoms with Crippen LogP contribution in [0, 0.1) is 0 Å². The number of thiol groups is 1. The monoisotopic (exact) mass is 193 g/mol. The van der Waals surface area contributed by atoms with E-state index < -0.39 is 0 Å². The molecule has 0 aromatic rings. The molecule has 0 radical (unpaired) electrons. The predicted octanol–water partition coefficient (Wildman–Crippen LogP) is 0.247. The molecule has 0 bridgehead atoms. The van der Waals surface area contributed by atoms with Crippen LogP contribution in [-0.2, 0) is 4.74 Å². The summed E-state index contributed by atoms with van der Waals surface area (Å²) in [6, 6.07) is 0. The lowest BCUT2D eigenvalue weighted by Crippen LogP contribution is -2.30. The van der Waals surface area contributed by atoms with E-state index in [9.17, 15) is 0 Å². The highest BCUT2D eigenvalue weighted by Crippen LogP contribution is 1.87. The third-order valence-electron chi connectivity index (χ3n) is 1.65. The van der Waals surface area contributed by atoms with Crippen LogP contribution < -0.4 is 0 Å². The average molecular weight is 193 g/mol. The van der Waals surface area contributed by atoms with Crippen LogP contribution in [0.25, 0.3) is 0 Å². The summed E-state index contributed by atoms with van der Waals surface area (Å²) in [5, 5.41) is 8.68. The van der Waals surface area contributed by atoms with E-state index in [1.165, 1.54) is 0 Å². The van der Waals surface area contributed by atoms with Gasteiger partial charge in [-0.25, -0.2) is 0 Å². The van der Waals surface area contributed by atoms with E-state index in [0.717, 1.165) is 32.0 Å². The van der Waals surface area contributed by atoms with Gasteiger partial charge in [-0.3, -0.25) is 4.90 Å². The van der Waals surface area contributed by atoms with Crippen molar-refractivity contribution in [1.82, 2.24) is 4.90 Å². The molecule has 74 valence electrons. The summed E-state index contributed by atoms with van der Waals surface area (Å²) in [6.07, 6.45) is 0. The van der Waals surface area contributed by atoms with Gasteiger partial charge in [0.15, 0.2) is 0 Å². The summed E-state index contributed by atoms with van der Waals surface area (Å²) >= 11 is 4.03. The van der Waals surface area contributed by atoms with Gasteiger partial charge >= 0.3 is 0 Å². The molecule has 0 aliphatic carbocycles. The highest BCUT2D eigenvalue weighted by atomic mass is 32.1. The summed E-state index contributed by atoms with van der Waals surface area (Å²) in [7, 11) is 0. The van der Waals surface area contributed by atoms with Crippen LogP contribution in [0.1, 0.15) is 6.92 Å². The number of hydrogen-bond acceptors (Lipinski definition) is 4. The summed E-state index contributed by atoms with van der Waals surface area (Å²) in [4.78, 5) is 2.15. The Morgan fingerprint density at radius 1 is 1.33 bits per heavy atom. The van der Waals surface area contributed by atoms with Crippen molar-refractivity contribution in [2.75, 3.05) is 45.2 Å². The van der Waals surface area contributed by atoms with Gasteiger partial charge in [-0.2, -0.15) is 12.6 Å². The fraction of sp³-hybridized carbons (Fsp3) is 1.00. The third kappa shape index (κ3) is 6.91. The molecule has 0 spiro atoms. The minimum atomic E-state index is 0.223. The van der Waals surface area contributed by atoms with Gasteiger partial charge in [-0.05, 0) is 6.54 Å². The Labute approximate surface area is 80.1 Å². The standard InChI is InChI=1S/C8H19NO2S/c1-2-9(3-5-10)4-6-11-7-8-12/h10,12H,2-8H2,1H3. The van der Waals surface area contributed by atoms with E-state index in [-0.39, 0.29) is 6.61 Å². The molecule has 0 saturated carbocycles. The molecule has 0 amide bonds. The third-order valence-corrected chi connectivity index (χ3v) is 1.83. The number of aliphatic hydroxyl groups excluding tert-OH is 1. The number of aliphatic hydroxyl groups is 1. The lowest BCUT2D eigenvalue weighted by molar-refractivity contribution is 0.108. The molecule has 0 atom stereocenters. The van der Waals surface area contributed by atoms with E-state index in [1.807, 2.05) is 0 Å². The maximum Gasteiger partial charge on any atom is 0.0593 e. The van der Waals surface area contributed by atoms with Crippen molar-refractivity contribution in [2.24, 2.45) is 0 Å². The van der Waals surface area contributed by atoms with E-state index in [1.54, 1.807) is 0 Å². The summed E-state index contributed by atoms with van der Waals surface area (Å²) in [6.45, 7) is 6.33. The van der Waals surface area contributed by atoms with Crippen LogP contribution >= 0.6 is 12.6 Å². The van der Waals surface area contributed by atoms with Crippen LogP contribution in [0.5, 0.6) is 0 Å². The second kappa shape index (κ2) is 9.32. The minimum Gasteiger partial charge on any atom is -0.395 e. The molecule has 0 fully saturated rings. The summed E-state index contributed by atoms with van der Waals surface area (Å²) < 4.78 is 5.26. The average Bonchev–Trinajstić information content (AvgIpc) is 2.10. The van der Waals surface area contributed by atoms with Crippen LogP contribution in [0.3, 0.4) is 0 Å². The maximum absolute atomic E-state index is 8.68.